The van der Waals surface area contributed by atoms with Crippen LogP contribution in [0.15, 0.2) is 18.6 Å². The highest BCUT2D eigenvalue weighted by Crippen LogP contribution is 2.24. The van der Waals surface area contributed by atoms with E-state index in [1.807, 2.05) is 20.8 Å². The Hall–Kier alpha value is -1.71. The van der Waals surface area contributed by atoms with Gasteiger partial charge in [-0.05, 0) is 0 Å². The standard InChI is InChI=1S/C11H13N3O/c1-11(2,3)9(15)7-6-14-10-8(7)12-4-5-13-10/h4-6H,1-3H3,(H,13,14). The maximum absolute atomic E-state index is 12.1. The van der Waals surface area contributed by atoms with Crippen LogP contribution in [0.25, 0.3) is 11.2 Å². The van der Waals surface area contributed by atoms with Crippen molar-refractivity contribution in [2.45, 2.75) is 20.8 Å². The summed E-state index contributed by atoms with van der Waals surface area (Å²) in [5.41, 5.74) is 1.53. The van der Waals surface area contributed by atoms with Crippen LogP contribution in [0.4, 0.5) is 0 Å². The Morgan fingerprint density at radius 3 is 2.60 bits per heavy atom. The molecule has 4 nitrogen and oxygen atoms in total. The third-order valence-corrected chi connectivity index (χ3v) is 2.23. The highest BCUT2D eigenvalue weighted by molar-refractivity contribution is 6.08. The molecule has 0 unspecified atom stereocenters. The summed E-state index contributed by atoms with van der Waals surface area (Å²) in [5, 5.41) is 0. The molecule has 0 fully saturated rings. The van der Waals surface area contributed by atoms with Crippen molar-refractivity contribution < 1.29 is 4.79 Å². The summed E-state index contributed by atoms with van der Waals surface area (Å²) < 4.78 is 0. The third-order valence-electron chi connectivity index (χ3n) is 2.23. The van der Waals surface area contributed by atoms with Crippen molar-refractivity contribution in [1.82, 2.24) is 15.0 Å². The zero-order chi connectivity index (χ0) is 11.1. The molecule has 0 aliphatic heterocycles. The Labute approximate surface area is 87.7 Å². The Bertz CT molecular complexity index is 508. The summed E-state index contributed by atoms with van der Waals surface area (Å²) in [6.07, 6.45) is 4.87. The summed E-state index contributed by atoms with van der Waals surface area (Å²) in [7, 11) is 0. The van der Waals surface area contributed by atoms with Crippen LogP contribution in [-0.2, 0) is 0 Å². The SMILES string of the molecule is CC(C)(C)C(=O)c1c[nH]c2nccnc12. The molecule has 0 radical (unpaired) electrons. The van der Waals surface area contributed by atoms with Crippen LogP contribution in [0, 0.1) is 5.41 Å². The molecule has 15 heavy (non-hydrogen) atoms. The van der Waals surface area contributed by atoms with E-state index in [4.69, 9.17) is 0 Å². The Morgan fingerprint density at radius 1 is 1.27 bits per heavy atom. The van der Waals surface area contributed by atoms with Gasteiger partial charge < -0.3 is 4.98 Å². The number of H-pyrrole nitrogens is 1. The van der Waals surface area contributed by atoms with Gasteiger partial charge in [-0.1, -0.05) is 20.8 Å². The van der Waals surface area contributed by atoms with E-state index in [1.54, 1.807) is 18.6 Å². The lowest BCUT2D eigenvalue weighted by atomic mass is 9.87. The highest BCUT2D eigenvalue weighted by atomic mass is 16.1. The van der Waals surface area contributed by atoms with Crippen molar-refractivity contribution in [2.24, 2.45) is 5.41 Å². The number of nitrogens with zero attached hydrogens (tertiary/aromatic N) is 2. The molecule has 1 N–H and O–H groups in total. The van der Waals surface area contributed by atoms with Crippen LogP contribution in [0.1, 0.15) is 31.1 Å². The molecule has 78 valence electrons. The van der Waals surface area contributed by atoms with Gasteiger partial charge >= 0.3 is 0 Å². The van der Waals surface area contributed by atoms with E-state index in [2.05, 4.69) is 15.0 Å². The number of Topliss-reactive ketones (excluding diaryl/α,β-unsaturated/α-hetero) is 1. The lowest BCUT2D eigenvalue weighted by Crippen LogP contribution is -2.19. The summed E-state index contributed by atoms with van der Waals surface area (Å²) in [5.74, 6) is 0.0780. The van der Waals surface area contributed by atoms with Crippen LogP contribution in [-0.4, -0.2) is 20.7 Å². The Morgan fingerprint density at radius 2 is 1.93 bits per heavy atom. The number of hydrogen-bond donors (Lipinski definition) is 1. The number of aromatic nitrogens is 3. The molecule has 0 aliphatic carbocycles. The smallest absolute Gasteiger partial charge is 0.171 e. The molecule has 4 heteroatoms. The van der Waals surface area contributed by atoms with Crippen molar-refractivity contribution >= 4 is 16.9 Å². The number of carbonyl (C=O) groups excluding carboxylic acids is 1. The first-order chi connectivity index (χ1) is 7.00. The summed E-state index contributed by atoms with van der Waals surface area (Å²) in [6, 6.07) is 0. The maximum Gasteiger partial charge on any atom is 0.171 e. The first-order valence-corrected chi connectivity index (χ1v) is 4.83. The molecule has 2 rings (SSSR count). The molecule has 0 aromatic carbocycles. The number of ketones is 1. The number of rotatable bonds is 1. The van der Waals surface area contributed by atoms with E-state index < -0.39 is 5.41 Å². The zero-order valence-electron chi connectivity index (χ0n) is 9.03. The zero-order valence-corrected chi connectivity index (χ0v) is 9.03. The van der Waals surface area contributed by atoms with E-state index in [0.29, 0.717) is 16.7 Å². The monoisotopic (exact) mass is 203 g/mol. The molecule has 0 saturated heterocycles. The van der Waals surface area contributed by atoms with Crippen LogP contribution in [0.3, 0.4) is 0 Å². The average molecular weight is 203 g/mol. The Kier molecular flexibility index (Phi) is 2.07. The fraction of sp³-hybridized carbons (Fsp3) is 0.364. The Balaban J connectivity index is 2.58. The molecule has 2 aromatic heterocycles. The summed E-state index contributed by atoms with van der Waals surface area (Å²) in [4.78, 5) is 23.3. The van der Waals surface area contributed by atoms with Crippen molar-refractivity contribution in [3.05, 3.63) is 24.2 Å². The van der Waals surface area contributed by atoms with Gasteiger partial charge in [0.05, 0.1) is 5.56 Å². The number of nitrogens with one attached hydrogen (secondary N) is 1. The number of aromatic amines is 1. The fourth-order valence-corrected chi connectivity index (χ4v) is 1.43. The van der Waals surface area contributed by atoms with E-state index in [1.165, 1.54) is 0 Å². The van der Waals surface area contributed by atoms with Crippen molar-refractivity contribution in [2.75, 3.05) is 0 Å². The summed E-state index contributed by atoms with van der Waals surface area (Å²) in [6.45, 7) is 5.68. The fourth-order valence-electron chi connectivity index (χ4n) is 1.43. The summed E-state index contributed by atoms with van der Waals surface area (Å²) >= 11 is 0. The number of carbonyl (C=O) groups is 1. The van der Waals surface area contributed by atoms with E-state index >= 15 is 0 Å². The molecule has 0 amide bonds. The molecule has 0 bridgehead atoms. The molecule has 0 spiro atoms. The average Bonchev–Trinajstić information content (AvgIpc) is 2.58. The van der Waals surface area contributed by atoms with Gasteiger partial charge in [-0.25, -0.2) is 4.98 Å². The lowest BCUT2D eigenvalue weighted by Gasteiger charge is -2.15. The van der Waals surface area contributed by atoms with Gasteiger partial charge in [-0.2, -0.15) is 0 Å². The quantitative estimate of drug-likeness (QED) is 0.723. The van der Waals surface area contributed by atoms with Crippen molar-refractivity contribution in [3.8, 4) is 0 Å². The topological polar surface area (TPSA) is 58.6 Å². The van der Waals surface area contributed by atoms with Gasteiger partial charge in [0.1, 0.15) is 5.52 Å². The third kappa shape index (κ3) is 1.63. The normalized spacial score (nSPS) is 11.9. The molecule has 0 saturated carbocycles. The first kappa shape index (κ1) is 9.83. The molecule has 0 atom stereocenters. The van der Waals surface area contributed by atoms with Gasteiger partial charge in [0.15, 0.2) is 11.4 Å². The van der Waals surface area contributed by atoms with Gasteiger partial charge in [0.2, 0.25) is 0 Å². The minimum absolute atomic E-state index is 0.0780. The minimum Gasteiger partial charge on any atom is -0.344 e. The van der Waals surface area contributed by atoms with Crippen LogP contribution < -0.4 is 0 Å². The minimum atomic E-state index is -0.396. The predicted octanol–water partition coefficient (Wildman–Crippen LogP) is 2.19. The van der Waals surface area contributed by atoms with E-state index in [0.717, 1.165) is 0 Å². The van der Waals surface area contributed by atoms with Crippen LogP contribution in [0.2, 0.25) is 0 Å². The van der Waals surface area contributed by atoms with Gasteiger partial charge in [0.25, 0.3) is 0 Å². The predicted molar refractivity (Wildman–Crippen MR) is 57.7 cm³/mol. The van der Waals surface area contributed by atoms with E-state index in [-0.39, 0.29) is 5.78 Å². The second kappa shape index (κ2) is 3.15. The maximum atomic E-state index is 12.1. The van der Waals surface area contributed by atoms with E-state index in [9.17, 15) is 4.79 Å². The largest absolute Gasteiger partial charge is 0.344 e. The van der Waals surface area contributed by atoms with Crippen LogP contribution in [0.5, 0.6) is 0 Å². The van der Waals surface area contributed by atoms with Crippen LogP contribution >= 0.6 is 0 Å². The molecule has 2 heterocycles. The van der Waals surface area contributed by atoms with Crippen molar-refractivity contribution in [1.29, 1.82) is 0 Å². The number of hydrogen-bond acceptors (Lipinski definition) is 3. The number of fused-ring (bicyclic) bond motifs is 1. The molecular weight excluding hydrogens is 190 g/mol. The molecule has 0 aliphatic rings. The molecule has 2 aromatic rings. The first-order valence-electron chi connectivity index (χ1n) is 4.83. The van der Waals surface area contributed by atoms with Gasteiger partial charge in [0, 0.05) is 24.0 Å². The highest BCUT2D eigenvalue weighted by Gasteiger charge is 2.25. The second-order valence-corrected chi connectivity index (χ2v) is 4.54. The van der Waals surface area contributed by atoms with Gasteiger partial charge in [-0.15, -0.1) is 0 Å². The van der Waals surface area contributed by atoms with Crippen molar-refractivity contribution in [3.63, 3.8) is 0 Å². The van der Waals surface area contributed by atoms with Gasteiger partial charge in [-0.3, -0.25) is 9.78 Å². The lowest BCUT2D eigenvalue weighted by molar-refractivity contribution is 0.0860. The second-order valence-electron chi connectivity index (χ2n) is 4.54. The molecular formula is C11H13N3O.